The number of nitrogens with zero attached hydrogens (tertiary/aromatic N) is 2. The van der Waals surface area contributed by atoms with E-state index < -0.39 is 5.82 Å². The fourth-order valence-electron chi connectivity index (χ4n) is 2.51. The molecule has 2 aromatic rings. The Morgan fingerprint density at radius 3 is 2.64 bits per heavy atom. The van der Waals surface area contributed by atoms with Gasteiger partial charge in [0.1, 0.15) is 5.82 Å². The van der Waals surface area contributed by atoms with E-state index in [4.69, 9.17) is 0 Å². The topological polar surface area (TPSA) is 35.6 Å². The summed E-state index contributed by atoms with van der Waals surface area (Å²) in [6.45, 7) is 3.90. The van der Waals surface area contributed by atoms with Crippen LogP contribution in [0.15, 0.2) is 41.1 Å². The Morgan fingerprint density at radius 1 is 1.18 bits per heavy atom. The second-order valence-corrected chi connectivity index (χ2v) is 6.08. The lowest BCUT2D eigenvalue weighted by Gasteiger charge is -2.34. The lowest BCUT2D eigenvalue weighted by molar-refractivity contribution is 0.143. The van der Waals surface area contributed by atoms with E-state index in [0.717, 1.165) is 19.6 Å². The minimum absolute atomic E-state index is 0.230. The van der Waals surface area contributed by atoms with Gasteiger partial charge in [-0.15, -0.1) is 0 Å². The van der Waals surface area contributed by atoms with Crippen LogP contribution in [-0.2, 0) is 6.54 Å². The molecule has 1 fully saturated rings. The number of nitrogens with one attached hydrogen (secondary N) is 1. The van der Waals surface area contributed by atoms with Crippen LogP contribution in [0.25, 0.3) is 0 Å². The predicted octanol–water partition coefficient (Wildman–Crippen LogP) is 3.24. The molecule has 116 valence electrons. The van der Waals surface area contributed by atoms with Gasteiger partial charge in [0.05, 0.1) is 5.69 Å². The second kappa shape index (κ2) is 6.89. The zero-order chi connectivity index (χ0) is 15.4. The summed E-state index contributed by atoms with van der Waals surface area (Å²) in [5.41, 5.74) is 1.54. The van der Waals surface area contributed by atoms with Crippen LogP contribution in [0.4, 0.5) is 14.9 Å². The average molecular weight is 319 g/mol. The van der Waals surface area contributed by atoms with E-state index in [1.165, 1.54) is 11.6 Å². The number of rotatable bonds is 3. The first-order chi connectivity index (χ1) is 10.7. The van der Waals surface area contributed by atoms with E-state index in [1.807, 2.05) is 0 Å². The van der Waals surface area contributed by atoms with Crippen LogP contribution < -0.4 is 5.32 Å². The SMILES string of the molecule is O=C(Nc1ccccc1F)N1CCN(Cc2ccsc2)CC1. The van der Waals surface area contributed by atoms with E-state index in [9.17, 15) is 9.18 Å². The van der Waals surface area contributed by atoms with Crippen LogP contribution in [0, 0.1) is 5.82 Å². The van der Waals surface area contributed by atoms with Gasteiger partial charge in [0.25, 0.3) is 0 Å². The third-order valence-electron chi connectivity index (χ3n) is 3.76. The van der Waals surface area contributed by atoms with Crippen molar-refractivity contribution in [3.8, 4) is 0 Å². The van der Waals surface area contributed by atoms with Crippen molar-refractivity contribution in [2.24, 2.45) is 0 Å². The molecule has 4 nitrogen and oxygen atoms in total. The van der Waals surface area contributed by atoms with E-state index >= 15 is 0 Å². The first kappa shape index (κ1) is 15.0. The minimum Gasteiger partial charge on any atom is -0.322 e. The van der Waals surface area contributed by atoms with Crippen molar-refractivity contribution in [2.75, 3.05) is 31.5 Å². The fraction of sp³-hybridized carbons (Fsp3) is 0.312. The lowest BCUT2D eigenvalue weighted by atomic mass is 10.2. The van der Waals surface area contributed by atoms with Crippen LogP contribution in [0.5, 0.6) is 0 Å². The van der Waals surface area contributed by atoms with Crippen LogP contribution in [-0.4, -0.2) is 42.0 Å². The molecule has 1 aromatic heterocycles. The first-order valence-corrected chi connectivity index (χ1v) is 8.20. The van der Waals surface area contributed by atoms with Crippen molar-refractivity contribution in [1.82, 2.24) is 9.80 Å². The molecule has 0 unspecified atom stereocenters. The molecule has 0 spiro atoms. The Morgan fingerprint density at radius 2 is 1.95 bits per heavy atom. The number of hydrogen-bond donors (Lipinski definition) is 1. The van der Waals surface area contributed by atoms with E-state index in [-0.39, 0.29) is 11.7 Å². The lowest BCUT2D eigenvalue weighted by Crippen LogP contribution is -2.49. The Kier molecular flexibility index (Phi) is 4.70. The Labute approximate surface area is 133 Å². The summed E-state index contributed by atoms with van der Waals surface area (Å²) in [5.74, 6) is -0.410. The highest BCUT2D eigenvalue weighted by atomic mass is 32.1. The predicted molar refractivity (Wildman–Crippen MR) is 86.6 cm³/mol. The van der Waals surface area contributed by atoms with Crippen molar-refractivity contribution in [3.63, 3.8) is 0 Å². The van der Waals surface area contributed by atoms with Crippen molar-refractivity contribution < 1.29 is 9.18 Å². The van der Waals surface area contributed by atoms with Crippen molar-refractivity contribution in [1.29, 1.82) is 0 Å². The molecule has 1 aliphatic heterocycles. The van der Waals surface area contributed by atoms with Crippen LogP contribution in [0.3, 0.4) is 0 Å². The van der Waals surface area contributed by atoms with Gasteiger partial charge in [-0.25, -0.2) is 9.18 Å². The Bertz CT molecular complexity index is 624. The number of para-hydroxylation sites is 1. The quantitative estimate of drug-likeness (QED) is 0.943. The maximum absolute atomic E-state index is 13.6. The van der Waals surface area contributed by atoms with Gasteiger partial charge in [-0.1, -0.05) is 12.1 Å². The number of carbonyl (C=O) groups is 1. The molecule has 1 saturated heterocycles. The highest BCUT2D eigenvalue weighted by Gasteiger charge is 2.21. The zero-order valence-electron chi connectivity index (χ0n) is 12.2. The fourth-order valence-corrected chi connectivity index (χ4v) is 3.17. The molecule has 2 amide bonds. The van der Waals surface area contributed by atoms with Gasteiger partial charge in [-0.05, 0) is 34.5 Å². The minimum atomic E-state index is -0.410. The second-order valence-electron chi connectivity index (χ2n) is 5.30. The molecule has 0 bridgehead atoms. The smallest absolute Gasteiger partial charge is 0.322 e. The highest BCUT2D eigenvalue weighted by molar-refractivity contribution is 7.07. The van der Waals surface area contributed by atoms with Gasteiger partial charge in [-0.2, -0.15) is 11.3 Å². The molecular weight excluding hydrogens is 301 g/mol. The van der Waals surface area contributed by atoms with Crippen LogP contribution in [0.2, 0.25) is 0 Å². The molecule has 0 atom stereocenters. The zero-order valence-corrected chi connectivity index (χ0v) is 13.0. The summed E-state index contributed by atoms with van der Waals surface area (Å²) >= 11 is 1.70. The molecule has 22 heavy (non-hydrogen) atoms. The Hall–Kier alpha value is -1.92. The molecule has 6 heteroatoms. The number of halogens is 1. The molecule has 1 N–H and O–H groups in total. The van der Waals surface area contributed by atoms with E-state index in [2.05, 4.69) is 27.0 Å². The summed E-state index contributed by atoms with van der Waals surface area (Å²) < 4.78 is 13.6. The summed E-state index contributed by atoms with van der Waals surface area (Å²) in [4.78, 5) is 16.2. The third kappa shape index (κ3) is 3.64. The first-order valence-electron chi connectivity index (χ1n) is 7.26. The van der Waals surface area contributed by atoms with Crippen molar-refractivity contribution >= 4 is 23.1 Å². The number of urea groups is 1. The molecule has 1 aromatic carbocycles. The molecule has 0 aliphatic carbocycles. The molecule has 3 rings (SSSR count). The van der Waals surface area contributed by atoms with Crippen molar-refractivity contribution in [3.05, 3.63) is 52.5 Å². The van der Waals surface area contributed by atoms with Crippen LogP contribution in [0.1, 0.15) is 5.56 Å². The molecule has 0 saturated carbocycles. The van der Waals surface area contributed by atoms with Gasteiger partial charge in [-0.3, -0.25) is 4.90 Å². The van der Waals surface area contributed by atoms with Crippen molar-refractivity contribution in [2.45, 2.75) is 6.54 Å². The third-order valence-corrected chi connectivity index (χ3v) is 4.49. The molecular formula is C16H18FN3OS. The largest absolute Gasteiger partial charge is 0.322 e. The number of hydrogen-bond acceptors (Lipinski definition) is 3. The monoisotopic (exact) mass is 319 g/mol. The van der Waals surface area contributed by atoms with E-state index in [1.54, 1.807) is 34.4 Å². The standard InChI is InChI=1S/C16H18FN3OS/c17-14-3-1-2-4-15(14)18-16(21)20-8-6-19(7-9-20)11-13-5-10-22-12-13/h1-5,10,12H,6-9,11H2,(H,18,21). The van der Waals surface area contributed by atoms with Gasteiger partial charge in [0.2, 0.25) is 0 Å². The summed E-state index contributed by atoms with van der Waals surface area (Å²) in [7, 11) is 0. The van der Waals surface area contributed by atoms with Gasteiger partial charge in [0, 0.05) is 32.7 Å². The number of carbonyl (C=O) groups excluding carboxylic acids is 1. The summed E-state index contributed by atoms with van der Waals surface area (Å²) in [6, 6.07) is 8.11. The number of amides is 2. The molecule has 0 radical (unpaired) electrons. The van der Waals surface area contributed by atoms with Gasteiger partial charge >= 0.3 is 6.03 Å². The number of benzene rings is 1. The molecule has 2 heterocycles. The average Bonchev–Trinajstić information content (AvgIpc) is 3.03. The number of piperazine rings is 1. The number of thiophene rings is 1. The van der Waals surface area contributed by atoms with Gasteiger partial charge in [0.15, 0.2) is 0 Å². The maximum Gasteiger partial charge on any atom is 0.322 e. The highest BCUT2D eigenvalue weighted by Crippen LogP contribution is 2.15. The Balaban J connectivity index is 1.50. The normalized spacial score (nSPS) is 15.8. The maximum atomic E-state index is 13.6. The van der Waals surface area contributed by atoms with E-state index in [0.29, 0.717) is 13.1 Å². The number of anilines is 1. The summed E-state index contributed by atoms with van der Waals surface area (Å²) in [5, 5.41) is 6.86. The van der Waals surface area contributed by atoms with Crippen LogP contribution >= 0.6 is 11.3 Å². The molecule has 1 aliphatic rings. The summed E-state index contributed by atoms with van der Waals surface area (Å²) in [6.07, 6.45) is 0. The van der Waals surface area contributed by atoms with Gasteiger partial charge < -0.3 is 10.2 Å².